The molecule has 1 unspecified atom stereocenters. The van der Waals surface area contributed by atoms with Gasteiger partial charge in [0, 0.05) is 0 Å². The number of hydrogen-bond donors (Lipinski definition) is 1. The average molecular weight is 249 g/mol. The molecule has 1 aliphatic heterocycles. The molecule has 0 fully saturated rings. The van der Waals surface area contributed by atoms with Gasteiger partial charge < -0.3 is 10.1 Å². The first-order chi connectivity index (χ1) is 8.29. The number of nitriles is 1. The van der Waals surface area contributed by atoms with E-state index in [4.69, 9.17) is 21.6 Å². The molecule has 1 N–H and O–H groups in total. The first kappa shape index (κ1) is 11.8. The maximum Gasteiger partial charge on any atom is 0.115 e. The Bertz CT molecular complexity index is 465. The highest BCUT2D eigenvalue weighted by Gasteiger charge is 2.11. The van der Waals surface area contributed by atoms with Gasteiger partial charge in [-0.3, -0.25) is 0 Å². The summed E-state index contributed by atoms with van der Waals surface area (Å²) in [5.74, 6) is 0. The Hall–Kier alpha value is -1.66. The van der Waals surface area contributed by atoms with Gasteiger partial charge in [0.05, 0.1) is 35.1 Å². The van der Waals surface area contributed by atoms with E-state index in [9.17, 15) is 0 Å². The molecular weight excluding hydrogens is 236 g/mol. The number of ether oxygens (including phenoxy) is 1. The number of allylic oxidation sites excluding steroid dienone is 1. The molecule has 3 nitrogen and oxygen atoms in total. The second-order valence-electron chi connectivity index (χ2n) is 3.89. The highest BCUT2D eigenvalue weighted by Crippen LogP contribution is 2.23. The summed E-state index contributed by atoms with van der Waals surface area (Å²) < 4.78 is 5.44. The fraction of sp³-hybridized carbons (Fsp3) is 0.308. The van der Waals surface area contributed by atoms with Gasteiger partial charge >= 0.3 is 0 Å². The predicted octanol–water partition coefficient (Wildman–Crippen LogP) is 3.32. The van der Waals surface area contributed by atoms with Crippen LogP contribution in [0.5, 0.6) is 0 Å². The van der Waals surface area contributed by atoms with Crippen LogP contribution >= 0.6 is 11.6 Å². The summed E-state index contributed by atoms with van der Waals surface area (Å²) in [6.07, 6.45) is 5.96. The highest BCUT2D eigenvalue weighted by molar-refractivity contribution is 6.33. The van der Waals surface area contributed by atoms with Crippen molar-refractivity contribution < 1.29 is 4.74 Å². The van der Waals surface area contributed by atoms with E-state index >= 15 is 0 Å². The first-order valence-corrected chi connectivity index (χ1v) is 5.91. The molecule has 0 bridgehead atoms. The molecular formula is C13H13ClN2O. The molecule has 0 saturated carbocycles. The molecule has 1 atom stereocenters. The van der Waals surface area contributed by atoms with E-state index in [1.807, 2.05) is 6.08 Å². The molecule has 0 spiro atoms. The van der Waals surface area contributed by atoms with E-state index in [-0.39, 0.29) is 6.10 Å². The van der Waals surface area contributed by atoms with Crippen LogP contribution < -0.4 is 5.32 Å². The number of nitrogens with one attached hydrogen (secondary N) is 1. The fourth-order valence-corrected chi connectivity index (χ4v) is 1.87. The number of hydrogen-bond acceptors (Lipinski definition) is 3. The van der Waals surface area contributed by atoms with Crippen LogP contribution in [-0.2, 0) is 4.74 Å². The number of halogens is 1. The van der Waals surface area contributed by atoms with Crippen molar-refractivity contribution in [2.75, 3.05) is 11.9 Å². The standard InChI is InChI=1S/C13H13ClN2O/c14-12-5-4-10(8-15)7-13(12)16-9-11-3-1-2-6-17-11/h2,4-7,11,16H,1,3,9H2. The van der Waals surface area contributed by atoms with Crippen LogP contribution in [0, 0.1) is 11.3 Å². The van der Waals surface area contributed by atoms with Crippen LogP contribution in [0.4, 0.5) is 5.69 Å². The molecule has 0 amide bonds. The summed E-state index contributed by atoms with van der Waals surface area (Å²) in [7, 11) is 0. The SMILES string of the molecule is N#Cc1ccc(Cl)c(NCC2CCC=CO2)c1. The van der Waals surface area contributed by atoms with Crippen LogP contribution in [0.3, 0.4) is 0 Å². The monoisotopic (exact) mass is 248 g/mol. The smallest absolute Gasteiger partial charge is 0.115 e. The third-order valence-corrected chi connectivity index (χ3v) is 2.97. The Morgan fingerprint density at radius 1 is 1.53 bits per heavy atom. The average Bonchev–Trinajstić information content (AvgIpc) is 2.39. The number of nitrogens with zero attached hydrogens (tertiary/aromatic N) is 1. The van der Waals surface area contributed by atoms with E-state index in [1.165, 1.54) is 0 Å². The van der Waals surface area contributed by atoms with Crippen molar-refractivity contribution in [1.29, 1.82) is 5.26 Å². The Kier molecular flexibility index (Phi) is 3.89. The van der Waals surface area contributed by atoms with E-state index in [0.29, 0.717) is 17.1 Å². The maximum absolute atomic E-state index is 8.82. The minimum absolute atomic E-state index is 0.168. The largest absolute Gasteiger partial charge is 0.497 e. The Morgan fingerprint density at radius 3 is 3.12 bits per heavy atom. The van der Waals surface area contributed by atoms with Gasteiger partial charge in [-0.2, -0.15) is 5.26 Å². The molecule has 0 aromatic heterocycles. The molecule has 0 radical (unpaired) electrons. The highest BCUT2D eigenvalue weighted by atomic mass is 35.5. The van der Waals surface area contributed by atoms with Gasteiger partial charge in [0.15, 0.2) is 0 Å². The Balaban J connectivity index is 1.98. The second-order valence-corrected chi connectivity index (χ2v) is 4.30. The van der Waals surface area contributed by atoms with Gasteiger partial charge in [-0.25, -0.2) is 0 Å². The van der Waals surface area contributed by atoms with Crippen molar-refractivity contribution in [3.63, 3.8) is 0 Å². The molecule has 1 heterocycles. The van der Waals surface area contributed by atoms with E-state index in [1.54, 1.807) is 24.5 Å². The van der Waals surface area contributed by atoms with Gasteiger partial charge in [0.2, 0.25) is 0 Å². The lowest BCUT2D eigenvalue weighted by molar-refractivity contribution is 0.135. The Labute approximate surface area is 106 Å². The van der Waals surface area contributed by atoms with Crippen molar-refractivity contribution in [2.45, 2.75) is 18.9 Å². The zero-order valence-corrected chi connectivity index (χ0v) is 10.1. The minimum atomic E-state index is 0.168. The quantitative estimate of drug-likeness (QED) is 0.893. The molecule has 1 aliphatic rings. The summed E-state index contributed by atoms with van der Waals surface area (Å²) in [5, 5.41) is 12.7. The molecule has 17 heavy (non-hydrogen) atoms. The van der Waals surface area contributed by atoms with Crippen LogP contribution in [-0.4, -0.2) is 12.6 Å². The van der Waals surface area contributed by atoms with Gasteiger partial charge in [-0.15, -0.1) is 0 Å². The lowest BCUT2D eigenvalue weighted by atomic mass is 10.1. The van der Waals surface area contributed by atoms with E-state index < -0.39 is 0 Å². The van der Waals surface area contributed by atoms with Crippen LogP contribution in [0.1, 0.15) is 18.4 Å². The van der Waals surface area contributed by atoms with Gasteiger partial charge in [-0.05, 0) is 37.1 Å². The van der Waals surface area contributed by atoms with Crippen molar-refractivity contribution in [1.82, 2.24) is 0 Å². The Morgan fingerprint density at radius 2 is 2.41 bits per heavy atom. The molecule has 88 valence electrons. The molecule has 0 aliphatic carbocycles. The summed E-state index contributed by atoms with van der Waals surface area (Å²) in [6.45, 7) is 0.693. The second kappa shape index (κ2) is 5.60. The number of rotatable bonds is 3. The zero-order valence-electron chi connectivity index (χ0n) is 9.32. The molecule has 1 aromatic carbocycles. The van der Waals surface area contributed by atoms with Gasteiger partial charge in [0.1, 0.15) is 6.10 Å². The third kappa shape index (κ3) is 3.15. The fourth-order valence-electron chi connectivity index (χ4n) is 1.69. The van der Waals surface area contributed by atoms with E-state index in [0.717, 1.165) is 18.5 Å². The van der Waals surface area contributed by atoms with Crippen LogP contribution in [0.25, 0.3) is 0 Å². The topological polar surface area (TPSA) is 45.0 Å². The van der Waals surface area contributed by atoms with E-state index in [2.05, 4.69) is 11.4 Å². The van der Waals surface area contributed by atoms with Gasteiger partial charge in [0.25, 0.3) is 0 Å². The first-order valence-electron chi connectivity index (χ1n) is 5.53. The zero-order chi connectivity index (χ0) is 12.1. The number of benzene rings is 1. The van der Waals surface area contributed by atoms with Crippen LogP contribution in [0.2, 0.25) is 5.02 Å². The summed E-state index contributed by atoms with van der Waals surface area (Å²) in [6, 6.07) is 7.27. The van der Waals surface area contributed by atoms with Crippen LogP contribution in [0.15, 0.2) is 30.5 Å². The lowest BCUT2D eigenvalue weighted by Crippen LogP contribution is -2.23. The molecule has 4 heteroatoms. The summed E-state index contributed by atoms with van der Waals surface area (Å²) in [4.78, 5) is 0. The van der Waals surface area contributed by atoms with Crippen molar-refractivity contribution in [3.8, 4) is 6.07 Å². The third-order valence-electron chi connectivity index (χ3n) is 2.64. The normalized spacial score (nSPS) is 18.2. The van der Waals surface area contributed by atoms with Crippen molar-refractivity contribution in [2.24, 2.45) is 0 Å². The van der Waals surface area contributed by atoms with Crippen molar-refractivity contribution >= 4 is 17.3 Å². The van der Waals surface area contributed by atoms with Gasteiger partial charge in [-0.1, -0.05) is 11.6 Å². The number of anilines is 1. The molecule has 1 aromatic rings. The minimum Gasteiger partial charge on any atom is -0.497 e. The van der Waals surface area contributed by atoms with Crippen molar-refractivity contribution in [3.05, 3.63) is 41.1 Å². The lowest BCUT2D eigenvalue weighted by Gasteiger charge is -2.20. The summed E-state index contributed by atoms with van der Waals surface area (Å²) >= 11 is 6.04. The molecule has 2 rings (SSSR count). The molecule has 0 saturated heterocycles. The predicted molar refractivity (Wildman–Crippen MR) is 67.9 cm³/mol. The summed E-state index contributed by atoms with van der Waals surface area (Å²) in [5.41, 5.74) is 1.38. The maximum atomic E-state index is 8.82.